The zero-order valence-electron chi connectivity index (χ0n) is 15.4. The van der Waals surface area contributed by atoms with Crippen LogP contribution in [0.1, 0.15) is 12.5 Å². The molecule has 0 saturated heterocycles. The summed E-state index contributed by atoms with van der Waals surface area (Å²) >= 11 is 1.14. The standard InChI is InChI=1S/C22H15N3O3S/c1-13-16(11-15-9-5-6-10-17(15)28-13)12-18-21(27)25-22(29-18)23-20(26)19(24-25)14-7-3-2-4-8-14/h2-13H,1H3. The molecule has 4 aromatic rings. The summed E-state index contributed by atoms with van der Waals surface area (Å²) in [6.07, 6.45) is 3.60. The maximum Gasteiger partial charge on any atom is 0.300 e. The van der Waals surface area contributed by atoms with E-state index in [1.54, 1.807) is 18.2 Å². The molecule has 29 heavy (non-hydrogen) atoms. The first-order chi connectivity index (χ1) is 14.1. The average molecular weight is 401 g/mol. The fourth-order valence-corrected chi connectivity index (χ4v) is 4.16. The van der Waals surface area contributed by atoms with Crippen LogP contribution in [0, 0.1) is 0 Å². The van der Waals surface area contributed by atoms with Crippen molar-refractivity contribution in [1.29, 1.82) is 0 Å². The highest BCUT2D eigenvalue weighted by Crippen LogP contribution is 2.29. The van der Waals surface area contributed by atoms with E-state index < -0.39 is 5.56 Å². The lowest BCUT2D eigenvalue weighted by Gasteiger charge is -2.22. The maximum absolute atomic E-state index is 12.9. The molecule has 0 spiro atoms. The number of nitrogens with zero attached hydrogens (tertiary/aromatic N) is 3. The minimum atomic E-state index is -0.452. The Morgan fingerprint density at radius 2 is 1.83 bits per heavy atom. The summed E-state index contributed by atoms with van der Waals surface area (Å²) < 4.78 is 7.59. The first-order valence-electron chi connectivity index (χ1n) is 9.08. The zero-order valence-corrected chi connectivity index (χ0v) is 16.2. The predicted molar refractivity (Wildman–Crippen MR) is 113 cm³/mol. The van der Waals surface area contributed by atoms with Crippen molar-refractivity contribution in [3.05, 3.63) is 91.0 Å². The molecule has 142 valence electrons. The van der Waals surface area contributed by atoms with Gasteiger partial charge in [0.15, 0.2) is 5.69 Å². The molecule has 0 bridgehead atoms. The number of rotatable bonds is 2. The van der Waals surface area contributed by atoms with E-state index in [0.29, 0.717) is 10.1 Å². The summed E-state index contributed by atoms with van der Waals surface area (Å²) in [6, 6.07) is 16.8. The quantitative estimate of drug-likeness (QED) is 0.516. The maximum atomic E-state index is 12.9. The van der Waals surface area contributed by atoms with Crippen molar-refractivity contribution in [3.8, 4) is 17.0 Å². The van der Waals surface area contributed by atoms with Gasteiger partial charge in [0.25, 0.3) is 5.56 Å². The Balaban J connectivity index is 1.67. The Kier molecular flexibility index (Phi) is 4.10. The van der Waals surface area contributed by atoms with Crippen LogP contribution in [0.4, 0.5) is 0 Å². The molecule has 6 nitrogen and oxygen atoms in total. The number of benzene rings is 2. The van der Waals surface area contributed by atoms with Crippen molar-refractivity contribution < 1.29 is 4.74 Å². The molecule has 3 heterocycles. The second kappa shape index (κ2) is 6.79. The number of aromatic nitrogens is 3. The molecule has 1 atom stereocenters. The second-order valence-electron chi connectivity index (χ2n) is 6.68. The van der Waals surface area contributed by atoms with E-state index in [0.717, 1.165) is 28.2 Å². The van der Waals surface area contributed by atoms with Crippen LogP contribution in [0.25, 0.3) is 28.4 Å². The van der Waals surface area contributed by atoms with E-state index in [1.807, 2.05) is 55.5 Å². The normalized spacial score (nSPS) is 16.4. The van der Waals surface area contributed by atoms with Crippen LogP contribution in [0.3, 0.4) is 0 Å². The minimum absolute atomic E-state index is 0.159. The molecular weight excluding hydrogens is 386 g/mol. The number of ether oxygens (including phenoxy) is 1. The third-order valence-electron chi connectivity index (χ3n) is 4.74. The summed E-state index contributed by atoms with van der Waals surface area (Å²) in [4.78, 5) is 29.7. The van der Waals surface area contributed by atoms with Crippen LogP contribution >= 0.6 is 11.3 Å². The molecular formula is C22H15N3O3S. The van der Waals surface area contributed by atoms with Crippen molar-refractivity contribution in [3.63, 3.8) is 0 Å². The van der Waals surface area contributed by atoms with Crippen molar-refractivity contribution >= 4 is 28.4 Å². The van der Waals surface area contributed by atoms with Crippen LogP contribution in [0.15, 0.2) is 69.8 Å². The van der Waals surface area contributed by atoms with E-state index in [4.69, 9.17) is 4.74 Å². The van der Waals surface area contributed by atoms with Gasteiger partial charge in [-0.15, -0.1) is 0 Å². The van der Waals surface area contributed by atoms with E-state index in [9.17, 15) is 9.59 Å². The van der Waals surface area contributed by atoms with Gasteiger partial charge < -0.3 is 4.74 Å². The fraction of sp³-hybridized carbons (Fsp3) is 0.0909. The van der Waals surface area contributed by atoms with Gasteiger partial charge in [-0.3, -0.25) is 9.59 Å². The van der Waals surface area contributed by atoms with Crippen molar-refractivity contribution in [2.45, 2.75) is 13.0 Å². The molecule has 1 aliphatic rings. The van der Waals surface area contributed by atoms with Crippen molar-refractivity contribution in [2.75, 3.05) is 0 Å². The Morgan fingerprint density at radius 3 is 2.66 bits per heavy atom. The topological polar surface area (TPSA) is 73.6 Å². The third kappa shape index (κ3) is 3.05. The summed E-state index contributed by atoms with van der Waals surface area (Å²) in [5.41, 5.74) is 1.87. The Labute approximate surface area is 169 Å². The van der Waals surface area contributed by atoms with Gasteiger partial charge >= 0.3 is 5.56 Å². The van der Waals surface area contributed by atoms with Gasteiger partial charge in [-0.1, -0.05) is 59.9 Å². The molecule has 0 amide bonds. The number of hydrogen-bond acceptors (Lipinski definition) is 6. The zero-order chi connectivity index (χ0) is 20.0. The highest BCUT2D eigenvalue weighted by molar-refractivity contribution is 7.15. The number of fused-ring (bicyclic) bond motifs is 2. The lowest BCUT2D eigenvalue weighted by Crippen LogP contribution is -2.28. The first-order valence-corrected chi connectivity index (χ1v) is 9.90. The van der Waals surface area contributed by atoms with Crippen LogP contribution in [-0.2, 0) is 0 Å². The van der Waals surface area contributed by atoms with Crippen LogP contribution in [0.5, 0.6) is 5.75 Å². The first kappa shape index (κ1) is 17.5. The van der Waals surface area contributed by atoms with Crippen LogP contribution in [-0.4, -0.2) is 20.7 Å². The van der Waals surface area contributed by atoms with Crippen LogP contribution in [0.2, 0.25) is 0 Å². The molecule has 0 saturated carbocycles. The molecule has 2 aromatic carbocycles. The molecule has 5 rings (SSSR count). The third-order valence-corrected chi connectivity index (χ3v) is 5.70. The lowest BCUT2D eigenvalue weighted by atomic mass is 10.0. The second-order valence-corrected chi connectivity index (χ2v) is 7.69. The Bertz CT molecular complexity index is 1440. The predicted octanol–water partition coefficient (Wildman–Crippen LogP) is 2.54. The summed E-state index contributed by atoms with van der Waals surface area (Å²) in [5, 5.41) is 4.28. The molecule has 0 N–H and O–H groups in total. The van der Waals surface area contributed by atoms with Crippen LogP contribution < -0.4 is 20.4 Å². The average Bonchev–Trinajstić information content (AvgIpc) is 3.03. The highest BCUT2D eigenvalue weighted by atomic mass is 32.1. The molecule has 1 aliphatic heterocycles. The van der Waals surface area contributed by atoms with Gasteiger partial charge in [0.2, 0.25) is 4.96 Å². The lowest BCUT2D eigenvalue weighted by molar-refractivity contribution is 0.259. The summed E-state index contributed by atoms with van der Waals surface area (Å²) in [6.45, 7) is 1.93. The highest BCUT2D eigenvalue weighted by Gasteiger charge is 2.18. The van der Waals surface area contributed by atoms with E-state index >= 15 is 0 Å². The van der Waals surface area contributed by atoms with E-state index in [-0.39, 0.29) is 22.3 Å². The van der Waals surface area contributed by atoms with Crippen molar-refractivity contribution in [1.82, 2.24) is 14.6 Å². The number of hydrogen-bond donors (Lipinski definition) is 0. The van der Waals surface area contributed by atoms with Gasteiger partial charge in [0.05, 0.1) is 4.53 Å². The van der Waals surface area contributed by atoms with E-state index in [1.165, 1.54) is 4.52 Å². The molecule has 2 aromatic heterocycles. The minimum Gasteiger partial charge on any atom is -0.485 e. The summed E-state index contributed by atoms with van der Waals surface area (Å²) in [5.74, 6) is 0.817. The monoisotopic (exact) mass is 401 g/mol. The van der Waals surface area contributed by atoms with Gasteiger partial charge in [-0.25, -0.2) is 0 Å². The Hall–Kier alpha value is -3.58. The molecule has 0 fully saturated rings. The van der Waals surface area contributed by atoms with Gasteiger partial charge in [0.1, 0.15) is 11.9 Å². The smallest absolute Gasteiger partial charge is 0.300 e. The van der Waals surface area contributed by atoms with Crippen molar-refractivity contribution in [2.24, 2.45) is 0 Å². The largest absolute Gasteiger partial charge is 0.485 e. The molecule has 1 unspecified atom stereocenters. The fourth-order valence-electron chi connectivity index (χ4n) is 3.26. The molecule has 0 radical (unpaired) electrons. The SMILES string of the molecule is CC1Oc2ccccc2C=C1C=c1sc2nc(=O)c(-c3ccccc3)nn2c1=O. The van der Waals surface area contributed by atoms with Gasteiger partial charge in [-0.05, 0) is 30.7 Å². The Morgan fingerprint density at radius 1 is 1.07 bits per heavy atom. The summed E-state index contributed by atoms with van der Waals surface area (Å²) in [7, 11) is 0. The number of thiazole rings is 1. The van der Waals surface area contributed by atoms with E-state index in [2.05, 4.69) is 10.1 Å². The van der Waals surface area contributed by atoms with Gasteiger partial charge in [0, 0.05) is 11.1 Å². The van der Waals surface area contributed by atoms with Gasteiger partial charge in [-0.2, -0.15) is 14.6 Å². The molecule has 7 heteroatoms. The molecule has 0 aliphatic carbocycles. The number of para-hydroxylation sites is 1.